The van der Waals surface area contributed by atoms with Crippen LogP contribution in [-0.2, 0) is 4.84 Å². The smallest absolute Gasteiger partial charge is 0.317 e. The van der Waals surface area contributed by atoms with Crippen molar-refractivity contribution in [1.29, 1.82) is 0 Å². The second-order valence-electron chi connectivity index (χ2n) is 7.23. The zero-order valence-corrected chi connectivity index (χ0v) is 17.3. The molecule has 3 heterocycles. The minimum absolute atomic E-state index is 0.192. The zero-order valence-electron chi connectivity index (χ0n) is 16.5. The molecule has 6 N–H and O–H groups in total. The number of fused-ring (bicyclic) bond motifs is 1. The number of nitrogens with zero attached hydrogens (tertiary/aromatic N) is 3. The molecule has 30 heavy (non-hydrogen) atoms. The van der Waals surface area contributed by atoms with Crippen molar-refractivity contribution in [3.63, 3.8) is 0 Å². The molecular formula is C20H23N6O3S+. The number of primary amides is 1. The first kappa shape index (κ1) is 20.0. The zero-order chi connectivity index (χ0) is 21.4. The number of nitrogens with two attached hydrogens (primary N) is 3. The summed E-state index contributed by atoms with van der Waals surface area (Å²) in [4.78, 5) is 36.9. The summed E-state index contributed by atoms with van der Waals surface area (Å²) in [6.07, 6.45) is 1.76. The van der Waals surface area contributed by atoms with Gasteiger partial charge in [0.25, 0.3) is 10.8 Å². The number of benzene rings is 1. The van der Waals surface area contributed by atoms with Crippen LogP contribution in [0, 0.1) is 4.91 Å². The lowest BCUT2D eigenvalue weighted by molar-refractivity contribution is -0.736. The van der Waals surface area contributed by atoms with E-state index >= 15 is 0 Å². The Morgan fingerprint density at radius 2 is 2.03 bits per heavy atom. The van der Waals surface area contributed by atoms with E-state index in [9.17, 15) is 9.70 Å². The van der Waals surface area contributed by atoms with Crippen molar-refractivity contribution in [2.24, 2.45) is 11.5 Å². The van der Waals surface area contributed by atoms with Crippen LogP contribution in [0.25, 0.3) is 21.3 Å². The quantitative estimate of drug-likeness (QED) is 0.531. The predicted molar refractivity (Wildman–Crippen MR) is 118 cm³/mol. The highest BCUT2D eigenvalue weighted by molar-refractivity contribution is 7.21. The summed E-state index contributed by atoms with van der Waals surface area (Å²) < 4.78 is 0. The molecule has 0 aliphatic carbocycles. The van der Waals surface area contributed by atoms with Gasteiger partial charge in [-0.3, -0.25) is 4.79 Å². The highest BCUT2D eigenvalue weighted by Gasteiger charge is 2.24. The Morgan fingerprint density at radius 1 is 1.30 bits per heavy atom. The Morgan fingerprint density at radius 3 is 2.70 bits per heavy atom. The predicted octanol–water partition coefficient (Wildman–Crippen LogP) is 2.54. The largest absolute Gasteiger partial charge is 0.397 e. The molecule has 9 nitrogen and oxygen atoms in total. The Labute approximate surface area is 176 Å². The fourth-order valence-electron chi connectivity index (χ4n) is 3.70. The number of rotatable bonds is 5. The van der Waals surface area contributed by atoms with E-state index in [0.717, 1.165) is 42.9 Å². The summed E-state index contributed by atoms with van der Waals surface area (Å²) in [6.45, 7) is 1.58. The van der Waals surface area contributed by atoms with E-state index in [1.807, 2.05) is 12.1 Å². The minimum atomic E-state index is -0.592. The Bertz CT molecular complexity index is 1140. The molecule has 1 aliphatic heterocycles. The van der Waals surface area contributed by atoms with E-state index < -0.39 is 5.91 Å². The van der Waals surface area contributed by atoms with Crippen LogP contribution in [0.1, 0.15) is 22.5 Å². The average Bonchev–Trinajstić information content (AvgIpc) is 3.10. The van der Waals surface area contributed by atoms with Crippen LogP contribution in [0.4, 0.5) is 17.2 Å². The van der Waals surface area contributed by atoms with Gasteiger partial charge in [0.15, 0.2) is 7.11 Å². The number of amides is 1. The van der Waals surface area contributed by atoms with E-state index in [2.05, 4.69) is 4.90 Å². The first-order valence-corrected chi connectivity index (χ1v) is 10.4. The molecule has 0 saturated carbocycles. The molecular weight excluding hydrogens is 404 g/mol. The molecule has 1 amide bonds. The minimum Gasteiger partial charge on any atom is -0.397 e. The summed E-state index contributed by atoms with van der Waals surface area (Å²) in [5.41, 5.74) is 20.0. The third kappa shape index (κ3) is 3.55. The normalized spacial score (nSPS) is 14.8. The van der Waals surface area contributed by atoms with Gasteiger partial charge in [-0.05, 0) is 30.0 Å². The van der Waals surface area contributed by atoms with Crippen molar-refractivity contribution in [2.75, 3.05) is 30.8 Å². The number of aromatic nitrogens is 1. The number of nitrogen functional groups attached to an aromatic ring is 1. The van der Waals surface area contributed by atoms with Gasteiger partial charge in [0.05, 0.1) is 10.6 Å². The number of carbonyl (C=O) groups excluding carboxylic acids is 1. The standard InChI is InChI=1S/C20H22N6O3S/c1-29-26(28)13-4-2-3-11(9-13)14-10-15(25-7-5-12(21)6-8-25)24-20-16(14)17(22)18(30-20)19(23)27/h2-4,9-10,12H,5-8,21H2,1H3,(H3-,22,23,27)/p+1. The Hall–Kier alpha value is -3.24. The molecule has 3 aromatic rings. The second-order valence-corrected chi connectivity index (χ2v) is 8.23. The lowest BCUT2D eigenvalue weighted by Gasteiger charge is -2.31. The maximum absolute atomic E-state index is 11.9. The van der Waals surface area contributed by atoms with E-state index in [-0.39, 0.29) is 10.9 Å². The van der Waals surface area contributed by atoms with E-state index in [1.54, 1.807) is 18.2 Å². The molecule has 1 aromatic carbocycles. The van der Waals surface area contributed by atoms with Crippen molar-refractivity contribution in [3.05, 3.63) is 40.1 Å². The molecule has 0 radical (unpaired) electrons. The number of hydrogen-bond acceptors (Lipinski definition) is 8. The van der Waals surface area contributed by atoms with Gasteiger partial charge < -0.3 is 22.1 Å². The maximum atomic E-state index is 11.9. The molecule has 10 heteroatoms. The number of thiophene rings is 1. The molecule has 0 spiro atoms. The number of anilines is 2. The SMILES string of the molecule is CO[N+](=O)c1cccc(-c2cc(N3CCC(N)CC3)nc3sc(C(N)=O)c(N)c23)c1. The van der Waals surface area contributed by atoms with Gasteiger partial charge >= 0.3 is 5.69 Å². The van der Waals surface area contributed by atoms with Gasteiger partial charge in [-0.15, -0.1) is 11.3 Å². The third-order valence-corrected chi connectivity index (χ3v) is 6.42. The van der Waals surface area contributed by atoms with Gasteiger partial charge in [-0.25, -0.2) is 9.82 Å². The van der Waals surface area contributed by atoms with Crippen LogP contribution in [0.15, 0.2) is 30.3 Å². The summed E-state index contributed by atoms with van der Waals surface area (Å²) in [7, 11) is 1.31. The van der Waals surface area contributed by atoms with E-state index in [0.29, 0.717) is 26.5 Å². The highest BCUT2D eigenvalue weighted by Crippen LogP contribution is 2.41. The Balaban J connectivity index is 1.92. The van der Waals surface area contributed by atoms with Crippen molar-refractivity contribution in [3.8, 4) is 11.1 Å². The van der Waals surface area contributed by atoms with Crippen LogP contribution in [0.5, 0.6) is 0 Å². The average molecular weight is 428 g/mol. The molecule has 4 rings (SSSR count). The fourth-order valence-corrected chi connectivity index (χ4v) is 4.67. The number of hydrogen-bond donors (Lipinski definition) is 3. The van der Waals surface area contributed by atoms with Gasteiger partial charge in [-0.2, -0.15) is 0 Å². The molecule has 0 atom stereocenters. The van der Waals surface area contributed by atoms with Crippen molar-refractivity contribution >= 4 is 44.7 Å². The molecule has 0 unspecified atom stereocenters. The lowest BCUT2D eigenvalue weighted by atomic mass is 10.0. The molecule has 1 saturated heterocycles. The number of pyridine rings is 1. The first-order chi connectivity index (χ1) is 14.4. The van der Waals surface area contributed by atoms with Crippen LogP contribution >= 0.6 is 11.3 Å². The second kappa shape index (κ2) is 7.88. The van der Waals surface area contributed by atoms with Crippen LogP contribution in [0.2, 0.25) is 0 Å². The molecule has 0 bridgehead atoms. The maximum Gasteiger partial charge on any atom is 0.317 e. The summed E-state index contributed by atoms with van der Waals surface area (Å²) in [5, 5.41) is 0.651. The number of piperidine rings is 1. The van der Waals surface area contributed by atoms with Crippen molar-refractivity contribution in [2.45, 2.75) is 18.9 Å². The monoisotopic (exact) mass is 427 g/mol. The van der Waals surface area contributed by atoms with Crippen molar-refractivity contribution in [1.82, 2.24) is 4.98 Å². The van der Waals surface area contributed by atoms with Crippen LogP contribution in [0.3, 0.4) is 0 Å². The van der Waals surface area contributed by atoms with Gasteiger partial charge in [0.1, 0.15) is 15.5 Å². The highest BCUT2D eigenvalue weighted by atomic mass is 32.1. The first-order valence-electron chi connectivity index (χ1n) is 9.54. The van der Waals surface area contributed by atoms with Crippen LogP contribution in [-0.4, -0.2) is 42.1 Å². The van der Waals surface area contributed by atoms with E-state index in [1.165, 1.54) is 18.4 Å². The fraction of sp³-hybridized carbons (Fsp3) is 0.300. The lowest BCUT2D eigenvalue weighted by Crippen LogP contribution is -2.40. The molecule has 156 valence electrons. The van der Waals surface area contributed by atoms with Gasteiger partial charge in [-0.1, -0.05) is 12.1 Å². The van der Waals surface area contributed by atoms with E-state index in [4.69, 9.17) is 27.0 Å². The summed E-state index contributed by atoms with van der Waals surface area (Å²) in [5.74, 6) is 0.184. The van der Waals surface area contributed by atoms with Crippen molar-refractivity contribution < 1.29 is 14.6 Å². The molecule has 2 aromatic heterocycles. The summed E-state index contributed by atoms with van der Waals surface area (Å²) >= 11 is 1.18. The molecule has 1 fully saturated rings. The third-order valence-electron chi connectivity index (χ3n) is 5.31. The summed E-state index contributed by atoms with van der Waals surface area (Å²) in [6, 6.07) is 9.13. The number of carbonyl (C=O) groups is 1. The van der Waals surface area contributed by atoms with Gasteiger partial charge in [0, 0.05) is 36.7 Å². The molecule has 1 aliphatic rings. The van der Waals surface area contributed by atoms with Gasteiger partial charge in [0.2, 0.25) is 0 Å². The Kier molecular flexibility index (Phi) is 5.27. The van der Waals surface area contributed by atoms with Crippen LogP contribution < -0.4 is 22.1 Å². The topological polar surface area (TPSA) is 141 Å².